The second-order valence-electron chi connectivity index (χ2n) is 5.52. The van der Waals surface area contributed by atoms with Crippen molar-refractivity contribution in [3.05, 3.63) is 47.7 Å². The number of hydrogen-bond acceptors (Lipinski definition) is 5. The Hall–Kier alpha value is -2.01. The molecule has 3 heterocycles. The van der Waals surface area contributed by atoms with Crippen molar-refractivity contribution < 1.29 is 0 Å². The van der Waals surface area contributed by atoms with E-state index in [2.05, 4.69) is 37.3 Å². The van der Waals surface area contributed by atoms with E-state index in [1.165, 1.54) is 12.0 Å². The maximum atomic E-state index is 4.65. The Kier molecular flexibility index (Phi) is 4.10. The van der Waals surface area contributed by atoms with Gasteiger partial charge in [-0.3, -0.25) is 14.9 Å². The lowest BCUT2D eigenvalue weighted by Gasteiger charge is -2.24. The molecule has 1 fully saturated rings. The van der Waals surface area contributed by atoms with Crippen LogP contribution in [0.2, 0.25) is 0 Å². The number of likely N-dealkylation sites (tertiary alicyclic amines) is 1. The number of nitrogens with one attached hydrogen (secondary N) is 1. The zero-order valence-electron chi connectivity index (χ0n) is 12.6. The van der Waals surface area contributed by atoms with Crippen molar-refractivity contribution in [2.24, 2.45) is 0 Å². The first-order valence-corrected chi connectivity index (χ1v) is 7.41. The Morgan fingerprint density at radius 2 is 2.19 bits per heavy atom. The largest absolute Gasteiger partial charge is 0.372 e. The van der Waals surface area contributed by atoms with Crippen LogP contribution in [0.4, 0.5) is 5.82 Å². The van der Waals surface area contributed by atoms with E-state index in [1.54, 1.807) is 6.20 Å². The molecule has 0 amide bonds. The lowest BCUT2D eigenvalue weighted by Crippen LogP contribution is -2.23. The fraction of sp³-hybridized carbons (Fsp3) is 0.438. The minimum absolute atomic E-state index is 0.354. The zero-order chi connectivity index (χ0) is 14.7. The first-order valence-electron chi connectivity index (χ1n) is 7.41. The van der Waals surface area contributed by atoms with E-state index >= 15 is 0 Å². The van der Waals surface area contributed by atoms with Gasteiger partial charge in [0.15, 0.2) is 0 Å². The molecule has 1 unspecified atom stereocenters. The number of rotatable bonds is 4. The molecule has 5 heteroatoms. The van der Waals surface area contributed by atoms with Crippen molar-refractivity contribution in [1.29, 1.82) is 0 Å². The zero-order valence-corrected chi connectivity index (χ0v) is 12.6. The average molecular weight is 283 g/mol. The van der Waals surface area contributed by atoms with Crippen LogP contribution in [-0.4, -0.2) is 33.4 Å². The molecule has 0 radical (unpaired) electrons. The second-order valence-corrected chi connectivity index (χ2v) is 5.52. The van der Waals surface area contributed by atoms with Crippen molar-refractivity contribution in [1.82, 2.24) is 19.9 Å². The van der Waals surface area contributed by atoms with Gasteiger partial charge in [0.2, 0.25) is 0 Å². The third kappa shape index (κ3) is 3.19. The van der Waals surface area contributed by atoms with Gasteiger partial charge in [0.1, 0.15) is 5.82 Å². The number of hydrogen-bond donors (Lipinski definition) is 1. The number of aryl methyl sites for hydroxylation is 1. The van der Waals surface area contributed by atoms with Gasteiger partial charge in [-0.15, -0.1) is 0 Å². The molecule has 110 valence electrons. The highest BCUT2D eigenvalue weighted by atomic mass is 15.2. The SMILES string of the molecule is CNc1cncc(C2CCCN2Cc2ccc(C)nc2)n1. The highest BCUT2D eigenvalue weighted by molar-refractivity contribution is 5.31. The molecule has 3 rings (SSSR count). The molecular weight excluding hydrogens is 262 g/mol. The van der Waals surface area contributed by atoms with E-state index in [0.29, 0.717) is 6.04 Å². The Morgan fingerprint density at radius 1 is 1.29 bits per heavy atom. The van der Waals surface area contributed by atoms with Gasteiger partial charge >= 0.3 is 0 Å². The van der Waals surface area contributed by atoms with Crippen LogP contribution in [0, 0.1) is 6.92 Å². The lowest BCUT2D eigenvalue weighted by molar-refractivity contribution is 0.244. The van der Waals surface area contributed by atoms with Crippen LogP contribution in [-0.2, 0) is 6.54 Å². The highest BCUT2D eigenvalue weighted by Gasteiger charge is 2.27. The Bertz CT molecular complexity index is 596. The van der Waals surface area contributed by atoms with E-state index in [1.807, 2.05) is 26.4 Å². The molecule has 1 aliphatic heterocycles. The maximum absolute atomic E-state index is 4.65. The molecule has 0 aliphatic carbocycles. The van der Waals surface area contributed by atoms with Crippen LogP contribution in [0.5, 0.6) is 0 Å². The Labute approximate surface area is 125 Å². The van der Waals surface area contributed by atoms with Crippen LogP contribution < -0.4 is 5.32 Å². The Morgan fingerprint density at radius 3 is 2.95 bits per heavy atom. The first kappa shape index (κ1) is 13.9. The Balaban J connectivity index is 1.77. The van der Waals surface area contributed by atoms with Crippen molar-refractivity contribution in [3.63, 3.8) is 0 Å². The molecule has 0 bridgehead atoms. The summed E-state index contributed by atoms with van der Waals surface area (Å²) >= 11 is 0. The van der Waals surface area contributed by atoms with E-state index in [9.17, 15) is 0 Å². The topological polar surface area (TPSA) is 53.9 Å². The van der Waals surface area contributed by atoms with Gasteiger partial charge in [0, 0.05) is 25.5 Å². The van der Waals surface area contributed by atoms with E-state index in [0.717, 1.165) is 36.7 Å². The third-order valence-corrected chi connectivity index (χ3v) is 3.97. The summed E-state index contributed by atoms with van der Waals surface area (Å²) in [5, 5.41) is 3.06. The summed E-state index contributed by atoms with van der Waals surface area (Å²) < 4.78 is 0. The summed E-state index contributed by atoms with van der Waals surface area (Å²) in [6.45, 7) is 4.04. The van der Waals surface area contributed by atoms with Gasteiger partial charge < -0.3 is 5.32 Å². The van der Waals surface area contributed by atoms with Crippen molar-refractivity contribution in [2.45, 2.75) is 32.4 Å². The first-order chi connectivity index (χ1) is 10.3. The number of aromatic nitrogens is 3. The number of nitrogens with zero attached hydrogens (tertiary/aromatic N) is 4. The van der Waals surface area contributed by atoms with Crippen LogP contribution in [0.3, 0.4) is 0 Å². The van der Waals surface area contributed by atoms with Gasteiger partial charge in [-0.2, -0.15) is 0 Å². The smallest absolute Gasteiger partial charge is 0.144 e. The molecule has 2 aromatic rings. The monoisotopic (exact) mass is 283 g/mol. The quantitative estimate of drug-likeness (QED) is 0.934. The maximum Gasteiger partial charge on any atom is 0.144 e. The number of anilines is 1. The summed E-state index contributed by atoms with van der Waals surface area (Å²) in [5.74, 6) is 0.830. The van der Waals surface area contributed by atoms with Crippen molar-refractivity contribution in [3.8, 4) is 0 Å². The summed E-state index contributed by atoms with van der Waals surface area (Å²) in [5.41, 5.74) is 3.37. The van der Waals surface area contributed by atoms with E-state index in [-0.39, 0.29) is 0 Å². The predicted octanol–water partition coefficient (Wildman–Crippen LogP) is 2.56. The summed E-state index contributed by atoms with van der Waals surface area (Å²) in [6, 6.07) is 4.59. The molecule has 1 N–H and O–H groups in total. The summed E-state index contributed by atoms with van der Waals surface area (Å²) in [6.07, 6.45) is 7.96. The van der Waals surface area contributed by atoms with Crippen LogP contribution in [0.1, 0.15) is 35.8 Å². The minimum atomic E-state index is 0.354. The van der Waals surface area contributed by atoms with Crippen molar-refractivity contribution in [2.75, 3.05) is 18.9 Å². The molecule has 0 spiro atoms. The van der Waals surface area contributed by atoms with E-state index in [4.69, 9.17) is 0 Å². The van der Waals surface area contributed by atoms with Crippen LogP contribution in [0.15, 0.2) is 30.7 Å². The van der Waals surface area contributed by atoms with Crippen LogP contribution >= 0.6 is 0 Å². The standard InChI is InChI=1S/C16H21N5/c1-12-5-6-13(8-19-12)11-21-7-3-4-15(21)14-9-18-10-16(17-2)20-14/h5-6,8-10,15H,3-4,7,11H2,1-2H3,(H,17,20). The normalized spacial score (nSPS) is 18.9. The third-order valence-electron chi connectivity index (χ3n) is 3.97. The van der Waals surface area contributed by atoms with Gasteiger partial charge in [0.25, 0.3) is 0 Å². The summed E-state index contributed by atoms with van der Waals surface area (Å²) in [7, 11) is 1.87. The van der Waals surface area contributed by atoms with Crippen LogP contribution in [0.25, 0.3) is 0 Å². The molecule has 1 saturated heterocycles. The van der Waals surface area contributed by atoms with Gasteiger partial charge in [-0.05, 0) is 37.9 Å². The van der Waals surface area contributed by atoms with Gasteiger partial charge in [-0.25, -0.2) is 4.98 Å². The minimum Gasteiger partial charge on any atom is -0.372 e. The summed E-state index contributed by atoms with van der Waals surface area (Å²) in [4.78, 5) is 15.8. The van der Waals surface area contributed by atoms with Gasteiger partial charge in [-0.1, -0.05) is 6.07 Å². The fourth-order valence-corrected chi connectivity index (χ4v) is 2.84. The predicted molar refractivity (Wildman–Crippen MR) is 82.9 cm³/mol. The van der Waals surface area contributed by atoms with Gasteiger partial charge in [0.05, 0.1) is 24.1 Å². The molecule has 0 aromatic carbocycles. The average Bonchev–Trinajstić information content (AvgIpc) is 2.98. The molecule has 1 atom stereocenters. The van der Waals surface area contributed by atoms with E-state index < -0.39 is 0 Å². The van der Waals surface area contributed by atoms with Crippen molar-refractivity contribution >= 4 is 5.82 Å². The molecule has 5 nitrogen and oxygen atoms in total. The fourth-order valence-electron chi connectivity index (χ4n) is 2.84. The molecule has 2 aromatic heterocycles. The number of pyridine rings is 1. The molecule has 0 saturated carbocycles. The highest BCUT2D eigenvalue weighted by Crippen LogP contribution is 2.32. The molecule has 1 aliphatic rings. The lowest BCUT2D eigenvalue weighted by atomic mass is 10.1. The molecular formula is C16H21N5. The molecule has 21 heavy (non-hydrogen) atoms. The second kappa shape index (κ2) is 6.18.